The van der Waals surface area contributed by atoms with Gasteiger partial charge in [0.1, 0.15) is 0 Å². The zero-order chi connectivity index (χ0) is 11.4. The summed E-state index contributed by atoms with van der Waals surface area (Å²) in [6.45, 7) is 1.77. The number of nitrogens with zero attached hydrogens (tertiary/aromatic N) is 1. The molecule has 1 aromatic rings. The molecular weight excluding hydrogens is 216 g/mol. The molecule has 0 heterocycles. The summed E-state index contributed by atoms with van der Waals surface area (Å²) in [6, 6.07) is 5.52. The Labute approximate surface area is 89.9 Å². The second-order valence-corrected chi connectivity index (χ2v) is 4.74. The summed E-state index contributed by atoms with van der Waals surface area (Å²) in [5, 5.41) is 10.4. The Morgan fingerprint density at radius 1 is 1.47 bits per heavy atom. The van der Waals surface area contributed by atoms with Gasteiger partial charge in [0.05, 0.1) is 15.7 Å². The SMILES string of the molecule is CC(N)CS(=O)c1ccc([N+](=O)[O-])cc1. The highest BCUT2D eigenvalue weighted by Crippen LogP contribution is 2.14. The molecule has 0 saturated heterocycles. The second-order valence-electron chi connectivity index (χ2n) is 3.24. The maximum absolute atomic E-state index is 11.6. The van der Waals surface area contributed by atoms with E-state index >= 15 is 0 Å². The third-order valence-electron chi connectivity index (χ3n) is 1.72. The number of non-ortho nitro benzene ring substituents is 1. The maximum Gasteiger partial charge on any atom is 0.269 e. The van der Waals surface area contributed by atoms with Crippen LogP contribution in [-0.4, -0.2) is 20.9 Å². The second kappa shape index (κ2) is 4.99. The van der Waals surface area contributed by atoms with Crippen molar-refractivity contribution in [1.82, 2.24) is 0 Å². The van der Waals surface area contributed by atoms with Gasteiger partial charge in [-0.15, -0.1) is 0 Å². The molecule has 5 nitrogen and oxygen atoms in total. The summed E-state index contributed by atoms with van der Waals surface area (Å²) in [4.78, 5) is 10.4. The van der Waals surface area contributed by atoms with Gasteiger partial charge in [0.15, 0.2) is 0 Å². The van der Waals surface area contributed by atoms with Crippen molar-refractivity contribution in [2.45, 2.75) is 17.9 Å². The lowest BCUT2D eigenvalue weighted by atomic mass is 10.3. The van der Waals surface area contributed by atoms with Gasteiger partial charge in [-0.3, -0.25) is 14.3 Å². The van der Waals surface area contributed by atoms with Crippen LogP contribution in [0.25, 0.3) is 0 Å². The molecule has 2 atom stereocenters. The van der Waals surface area contributed by atoms with Gasteiger partial charge in [-0.2, -0.15) is 0 Å². The van der Waals surface area contributed by atoms with Gasteiger partial charge >= 0.3 is 0 Å². The number of nitro groups is 1. The molecule has 2 unspecified atom stereocenters. The van der Waals surface area contributed by atoms with E-state index in [1.54, 1.807) is 6.92 Å². The van der Waals surface area contributed by atoms with Crippen LogP contribution in [0.15, 0.2) is 29.2 Å². The predicted molar refractivity (Wildman–Crippen MR) is 58.0 cm³/mol. The fourth-order valence-electron chi connectivity index (χ4n) is 1.05. The summed E-state index contributed by atoms with van der Waals surface area (Å²) >= 11 is 0. The fourth-order valence-corrected chi connectivity index (χ4v) is 2.16. The molecular formula is C9H12N2O3S. The van der Waals surface area contributed by atoms with E-state index in [0.29, 0.717) is 10.6 Å². The molecule has 0 fully saturated rings. The Kier molecular flexibility index (Phi) is 3.93. The number of benzene rings is 1. The largest absolute Gasteiger partial charge is 0.327 e. The van der Waals surface area contributed by atoms with E-state index in [9.17, 15) is 14.3 Å². The van der Waals surface area contributed by atoms with Crippen LogP contribution in [0.3, 0.4) is 0 Å². The molecule has 0 saturated carbocycles. The molecule has 0 aliphatic heterocycles. The van der Waals surface area contributed by atoms with E-state index in [1.807, 2.05) is 0 Å². The minimum atomic E-state index is -1.18. The lowest BCUT2D eigenvalue weighted by molar-refractivity contribution is -0.384. The monoisotopic (exact) mass is 228 g/mol. The lowest BCUT2D eigenvalue weighted by Gasteiger charge is -2.04. The summed E-state index contributed by atoms with van der Waals surface area (Å²) in [6.07, 6.45) is 0. The summed E-state index contributed by atoms with van der Waals surface area (Å²) in [5.74, 6) is 0.359. The first-order valence-electron chi connectivity index (χ1n) is 4.39. The Bertz CT molecular complexity index is 375. The third-order valence-corrected chi connectivity index (χ3v) is 3.35. The van der Waals surface area contributed by atoms with Gasteiger partial charge in [-0.25, -0.2) is 0 Å². The number of nitro benzene ring substituents is 1. The molecule has 0 radical (unpaired) electrons. The molecule has 0 spiro atoms. The van der Waals surface area contributed by atoms with Crippen LogP contribution in [0, 0.1) is 10.1 Å². The smallest absolute Gasteiger partial charge is 0.269 e. The standard InChI is InChI=1S/C9H12N2O3S/c1-7(10)6-15(14)9-4-2-8(3-5-9)11(12)13/h2-5,7H,6,10H2,1H3. The topological polar surface area (TPSA) is 86.2 Å². The van der Waals surface area contributed by atoms with Crippen LogP contribution in [0.5, 0.6) is 0 Å². The number of hydrogen-bond acceptors (Lipinski definition) is 4. The molecule has 0 bridgehead atoms. The van der Waals surface area contributed by atoms with Gasteiger partial charge in [0.2, 0.25) is 0 Å². The molecule has 2 N–H and O–H groups in total. The van der Waals surface area contributed by atoms with E-state index in [4.69, 9.17) is 5.73 Å². The van der Waals surface area contributed by atoms with Crippen molar-refractivity contribution in [2.75, 3.05) is 5.75 Å². The molecule has 0 aliphatic rings. The van der Waals surface area contributed by atoms with E-state index in [0.717, 1.165) is 0 Å². The van der Waals surface area contributed by atoms with Crippen LogP contribution >= 0.6 is 0 Å². The molecule has 6 heteroatoms. The quantitative estimate of drug-likeness (QED) is 0.616. The Morgan fingerprint density at radius 3 is 2.40 bits per heavy atom. The first kappa shape index (κ1) is 11.8. The van der Waals surface area contributed by atoms with E-state index in [2.05, 4.69) is 0 Å². The van der Waals surface area contributed by atoms with Crippen molar-refractivity contribution >= 4 is 16.5 Å². The zero-order valence-corrected chi connectivity index (χ0v) is 9.07. The van der Waals surface area contributed by atoms with Crippen LogP contribution < -0.4 is 5.73 Å². The molecule has 0 aromatic heterocycles. The third kappa shape index (κ3) is 3.41. The van der Waals surface area contributed by atoms with E-state index in [1.165, 1.54) is 24.3 Å². The summed E-state index contributed by atoms with van der Waals surface area (Å²) in [5.41, 5.74) is 5.50. The molecule has 0 aliphatic carbocycles. The number of rotatable bonds is 4. The van der Waals surface area contributed by atoms with E-state index < -0.39 is 15.7 Å². The van der Waals surface area contributed by atoms with Crippen LogP contribution in [0.4, 0.5) is 5.69 Å². The van der Waals surface area contributed by atoms with Gasteiger partial charge in [-0.1, -0.05) is 0 Å². The Balaban J connectivity index is 2.80. The Hall–Kier alpha value is -1.27. The van der Waals surface area contributed by atoms with Crippen molar-refractivity contribution in [3.8, 4) is 0 Å². The minimum Gasteiger partial charge on any atom is -0.327 e. The molecule has 0 amide bonds. The average Bonchev–Trinajstić information content (AvgIpc) is 2.17. The molecule has 15 heavy (non-hydrogen) atoms. The van der Waals surface area contributed by atoms with Crippen molar-refractivity contribution < 1.29 is 9.13 Å². The normalized spacial score (nSPS) is 14.5. The van der Waals surface area contributed by atoms with Gasteiger partial charge in [0, 0.05) is 28.8 Å². The molecule has 1 aromatic carbocycles. The number of hydrogen-bond donors (Lipinski definition) is 1. The van der Waals surface area contributed by atoms with Crippen molar-refractivity contribution in [2.24, 2.45) is 5.73 Å². The first-order chi connectivity index (χ1) is 7.00. The van der Waals surface area contributed by atoms with Gasteiger partial charge in [-0.05, 0) is 19.1 Å². The molecule has 1 rings (SSSR count). The molecule has 82 valence electrons. The van der Waals surface area contributed by atoms with Gasteiger partial charge in [0.25, 0.3) is 5.69 Å². The summed E-state index contributed by atoms with van der Waals surface area (Å²) in [7, 11) is -1.18. The predicted octanol–water partition coefficient (Wildman–Crippen LogP) is 1.05. The zero-order valence-electron chi connectivity index (χ0n) is 8.25. The van der Waals surface area contributed by atoms with Crippen LogP contribution in [0.1, 0.15) is 6.92 Å². The Morgan fingerprint density at radius 2 is 2.00 bits per heavy atom. The summed E-state index contributed by atoms with van der Waals surface area (Å²) < 4.78 is 11.6. The van der Waals surface area contributed by atoms with Crippen LogP contribution in [0.2, 0.25) is 0 Å². The minimum absolute atomic E-state index is 0.00320. The first-order valence-corrected chi connectivity index (χ1v) is 5.71. The van der Waals surface area contributed by atoms with Crippen molar-refractivity contribution in [3.05, 3.63) is 34.4 Å². The average molecular weight is 228 g/mol. The highest BCUT2D eigenvalue weighted by molar-refractivity contribution is 7.85. The number of nitrogens with two attached hydrogens (primary N) is 1. The lowest BCUT2D eigenvalue weighted by Crippen LogP contribution is -2.22. The van der Waals surface area contributed by atoms with Crippen LogP contribution in [-0.2, 0) is 10.8 Å². The van der Waals surface area contributed by atoms with E-state index in [-0.39, 0.29) is 11.7 Å². The van der Waals surface area contributed by atoms with Gasteiger partial charge < -0.3 is 5.73 Å². The van der Waals surface area contributed by atoms with Crippen molar-refractivity contribution in [1.29, 1.82) is 0 Å². The highest BCUT2D eigenvalue weighted by atomic mass is 32.2. The maximum atomic E-state index is 11.6. The fraction of sp³-hybridized carbons (Fsp3) is 0.333. The highest BCUT2D eigenvalue weighted by Gasteiger charge is 2.09. The van der Waals surface area contributed by atoms with Crippen molar-refractivity contribution in [3.63, 3.8) is 0 Å².